The maximum absolute atomic E-state index is 12.6. The molecular weight excluding hydrogens is 256 g/mol. The van der Waals surface area contributed by atoms with Gasteiger partial charge in [0.15, 0.2) is 0 Å². The molecule has 1 unspecified atom stereocenters. The minimum atomic E-state index is -0.847. The van der Waals surface area contributed by atoms with Gasteiger partial charge in [-0.25, -0.2) is 0 Å². The van der Waals surface area contributed by atoms with E-state index in [1.54, 1.807) is 32.6 Å². The highest BCUT2D eigenvalue weighted by Crippen LogP contribution is 2.33. The molecule has 5 heteroatoms. The minimum absolute atomic E-state index is 0.00919. The Hall–Kier alpha value is -1.10. The summed E-state index contributed by atoms with van der Waals surface area (Å²) in [7, 11) is 0. The molecule has 2 amide bonds. The van der Waals surface area contributed by atoms with Crippen LogP contribution in [0.15, 0.2) is 0 Å². The molecule has 20 heavy (non-hydrogen) atoms. The fourth-order valence-corrected chi connectivity index (χ4v) is 2.93. The van der Waals surface area contributed by atoms with Crippen LogP contribution in [0.3, 0.4) is 0 Å². The zero-order valence-corrected chi connectivity index (χ0v) is 13.4. The second kappa shape index (κ2) is 4.45. The van der Waals surface area contributed by atoms with Crippen LogP contribution in [0.2, 0.25) is 0 Å². The summed E-state index contributed by atoms with van der Waals surface area (Å²) >= 11 is 0. The summed E-state index contributed by atoms with van der Waals surface area (Å²) in [5.74, 6) is -0.158. The van der Waals surface area contributed by atoms with Crippen LogP contribution in [-0.4, -0.2) is 46.0 Å². The Morgan fingerprint density at radius 2 is 1.80 bits per heavy atom. The number of carbonyl (C=O) groups excluding carboxylic acids is 2. The quantitative estimate of drug-likeness (QED) is 0.834. The van der Waals surface area contributed by atoms with Crippen LogP contribution < -0.4 is 5.32 Å². The van der Waals surface area contributed by atoms with E-state index in [-0.39, 0.29) is 23.5 Å². The fraction of sp³-hybridized carbons (Fsp3) is 0.867. The van der Waals surface area contributed by atoms with Crippen LogP contribution in [0.1, 0.15) is 54.4 Å². The van der Waals surface area contributed by atoms with Crippen LogP contribution >= 0.6 is 0 Å². The fourth-order valence-electron chi connectivity index (χ4n) is 2.93. The van der Waals surface area contributed by atoms with E-state index in [4.69, 9.17) is 4.74 Å². The third kappa shape index (κ3) is 2.55. The summed E-state index contributed by atoms with van der Waals surface area (Å²) in [6, 6.07) is 0. The first-order valence-corrected chi connectivity index (χ1v) is 7.28. The lowest BCUT2D eigenvalue weighted by molar-refractivity contribution is -0.162. The van der Waals surface area contributed by atoms with Gasteiger partial charge < -0.3 is 15.0 Å². The molecule has 0 radical (unpaired) electrons. The van der Waals surface area contributed by atoms with Crippen LogP contribution in [0, 0.1) is 0 Å². The predicted octanol–water partition coefficient (Wildman–Crippen LogP) is 1.46. The van der Waals surface area contributed by atoms with Gasteiger partial charge in [-0.15, -0.1) is 0 Å². The lowest BCUT2D eigenvalue weighted by Crippen LogP contribution is -2.73. The van der Waals surface area contributed by atoms with Gasteiger partial charge in [0, 0.05) is 6.54 Å². The molecule has 2 aliphatic heterocycles. The Morgan fingerprint density at radius 3 is 2.30 bits per heavy atom. The van der Waals surface area contributed by atoms with E-state index in [1.165, 1.54) is 0 Å². The lowest BCUT2D eigenvalue weighted by Gasteiger charge is -2.48. The van der Waals surface area contributed by atoms with Crippen molar-refractivity contribution in [3.05, 3.63) is 0 Å². The van der Waals surface area contributed by atoms with Crippen molar-refractivity contribution in [1.29, 1.82) is 0 Å². The van der Waals surface area contributed by atoms with Crippen LogP contribution in [-0.2, 0) is 14.3 Å². The van der Waals surface area contributed by atoms with Crippen LogP contribution in [0.4, 0.5) is 0 Å². The Balaban J connectivity index is 2.19. The molecular formula is C15H26N2O3. The van der Waals surface area contributed by atoms with Crippen LogP contribution in [0.5, 0.6) is 0 Å². The summed E-state index contributed by atoms with van der Waals surface area (Å²) in [5, 5.41) is 2.80. The summed E-state index contributed by atoms with van der Waals surface area (Å²) in [5.41, 5.74) is -1.81. The van der Waals surface area contributed by atoms with Crippen LogP contribution in [0.25, 0.3) is 0 Å². The van der Waals surface area contributed by atoms with Crippen molar-refractivity contribution in [2.24, 2.45) is 0 Å². The molecule has 0 aromatic carbocycles. The van der Waals surface area contributed by atoms with E-state index in [0.29, 0.717) is 6.54 Å². The second-order valence-electron chi connectivity index (χ2n) is 7.59. The van der Waals surface area contributed by atoms with E-state index in [1.807, 2.05) is 0 Å². The molecule has 0 aliphatic carbocycles. The largest absolute Gasteiger partial charge is 0.371 e. The van der Waals surface area contributed by atoms with Gasteiger partial charge in [0.1, 0.15) is 11.1 Å². The number of nitrogens with one attached hydrogen (secondary N) is 1. The molecule has 2 saturated heterocycles. The molecule has 2 fully saturated rings. The van der Waals surface area contributed by atoms with Gasteiger partial charge in [-0.1, -0.05) is 0 Å². The number of rotatable bonds is 2. The average molecular weight is 282 g/mol. The smallest absolute Gasteiger partial charge is 0.248 e. The Morgan fingerprint density at radius 1 is 1.20 bits per heavy atom. The van der Waals surface area contributed by atoms with E-state index < -0.39 is 11.1 Å². The number of nitrogens with zero attached hydrogens (tertiary/aromatic N) is 1. The van der Waals surface area contributed by atoms with E-state index in [2.05, 4.69) is 19.2 Å². The Labute approximate surface area is 121 Å². The van der Waals surface area contributed by atoms with Crippen molar-refractivity contribution in [3.63, 3.8) is 0 Å². The van der Waals surface area contributed by atoms with Crippen molar-refractivity contribution < 1.29 is 14.3 Å². The molecule has 2 aliphatic rings. The topological polar surface area (TPSA) is 58.6 Å². The van der Waals surface area contributed by atoms with Crippen molar-refractivity contribution in [1.82, 2.24) is 10.2 Å². The summed E-state index contributed by atoms with van der Waals surface area (Å²) < 4.78 is 5.97. The highest BCUT2D eigenvalue weighted by Gasteiger charge is 2.51. The highest BCUT2D eigenvalue weighted by atomic mass is 16.5. The first-order chi connectivity index (χ1) is 8.96. The van der Waals surface area contributed by atoms with Gasteiger partial charge in [0.2, 0.25) is 11.8 Å². The summed E-state index contributed by atoms with van der Waals surface area (Å²) in [4.78, 5) is 26.5. The van der Waals surface area contributed by atoms with Gasteiger partial charge in [-0.05, 0) is 54.4 Å². The van der Waals surface area contributed by atoms with Gasteiger partial charge in [-0.3, -0.25) is 9.59 Å². The lowest BCUT2D eigenvalue weighted by atomic mass is 9.89. The highest BCUT2D eigenvalue weighted by molar-refractivity contribution is 6.01. The number of ether oxygens (including phenoxy) is 1. The summed E-state index contributed by atoms with van der Waals surface area (Å²) in [6.07, 6.45) is 1.92. The minimum Gasteiger partial charge on any atom is -0.371 e. The summed E-state index contributed by atoms with van der Waals surface area (Å²) in [6.45, 7) is 11.7. The molecule has 2 heterocycles. The van der Waals surface area contributed by atoms with Crippen molar-refractivity contribution in [3.8, 4) is 0 Å². The second-order valence-corrected chi connectivity index (χ2v) is 7.59. The molecule has 0 saturated carbocycles. The standard InChI is InChI=1S/C15H26N2O3/c1-13(2)8-7-10(20-13)9-17-12(19)14(3,4)16-11(18)15(17,5)6/h10H,7-9H2,1-6H3,(H,16,18). The van der Waals surface area contributed by atoms with Gasteiger partial charge in [0.05, 0.1) is 11.7 Å². The molecule has 0 bridgehead atoms. The third-order valence-electron chi connectivity index (χ3n) is 4.38. The molecule has 5 nitrogen and oxygen atoms in total. The van der Waals surface area contributed by atoms with Crippen molar-refractivity contribution in [2.75, 3.05) is 6.54 Å². The van der Waals surface area contributed by atoms with Gasteiger partial charge in [0.25, 0.3) is 0 Å². The first-order valence-electron chi connectivity index (χ1n) is 7.28. The Bertz CT molecular complexity index is 440. The number of amides is 2. The first kappa shape index (κ1) is 15.3. The molecule has 0 spiro atoms. The SMILES string of the molecule is CC1(C)CCC(CN2C(=O)C(C)(C)NC(=O)C2(C)C)O1. The molecule has 2 rings (SSSR count). The normalized spacial score (nSPS) is 31.3. The maximum Gasteiger partial charge on any atom is 0.248 e. The zero-order valence-electron chi connectivity index (χ0n) is 13.4. The predicted molar refractivity (Wildman–Crippen MR) is 76.2 cm³/mol. The third-order valence-corrected chi connectivity index (χ3v) is 4.38. The zero-order chi connectivity index (χ0) is 15.3. The monoisotopic (exact) mass is 282 g/mol. The maximum atomic E-state index is 12.6. The van der Waals surface area contributed by atoms with Crippen molar-refractivity contribution in [2.45, 2.75) is 77.2 Å². The number of hydrogen-bond donors (Lipinski definition) is 1. The number of carbonyl (C=O) groups is 2. The van der Waals surface area contributed by atoms with E-state index in [9.17, 15) is 9.59 Å². The number of hydrogen-bond acceptors (Lipinski definition) is 3. The van der Waals surface area contributed by atoms with Gasteiger partial charge in [-0.2, -0.15) is 0 Å². The molecule has 0 aromatic heterocycles. The molecule has 1 N–H and O–H groups in total. The van der Waals surface area contributed by atoms with Crippen molar-refractivity contribution >= 4 is 11.8 Å². The molecule has 0 aromatic rings. The number of piperazine rings is 1. The molecule has 1 atom stereocenters. The van der Waals surface area contributed by atoms with E-state index >= 15 is 0 Å². The average Bonchev–Trinajstić information content (AvgIpc) is 2.62. The van der Waals surface area contributed by atoms with E-state index in [0.717, 1.165) is 12.8 Å². The van der Waals surface area contributed by atoms with Gasteiger partial charge >= 0.3 is 0 Å². The Kier molecular flexibility index (Phi) is 3.40. The molecule has 114 valence electrons.